The lowest BCUT2D eigenvalue weighted by atomic mass is 10.1. The van der Waals surface area contributed by atoms with Crippen LogP contribution in [0.1, 0.15) is 90.9 Å². The topological polar surface area (TPSA) is 7.76 Å². The second-order valence-electron chi connectivity index (χ2n) is 8.19. The van der Waals surface area contributed by atoms with Crippen LogP contribution in [0, 0.1) is 0 Å². The Bertz CT molecular complexity index is 644. The van der Waals surface area contributed by atoms with Gasteiger partial charge in [0.05, 0.1) is 0 Å². The molecule has 30 heavy (non-hydrogen) atoms. The lowest BCUT2D eigenvalue weighted by molar-refractivity contribution is -0.697. The Balaban J connectivity index is 0.00000420. The van der Waals surface area contributed by atoms with Crippen molar-refractivity contribution < 1.29 is 43.1 Å². The summed E-state index contributed by atoms with van der Waals surface area (Å²) in [6.45, 7) is 6.82. The fourth-order valence-electron chi connectivity index (χ4n) is 3.78. The minimum Gasteiger partial charge on any atom is -1.00 e. The molecule has 0 saturated heterocycles. The van der Waals surface area contributed by atoms with Crippen LogP contribution in [0.25, 0.3) is 11.1 Å². The number of rotatable bonds is 15. The summed E-state index contributed by atoms with van der Waals surface area (Å²) < 4.78 is 4.68. The quantitative estimate of drug-likeness (QED) is 0.231. The first-order chi connectivity index (χ1) is 13.8. The van der Waals surface area contributed by atoms with Crippen molar-refractivity contribution in [3.8, 4) is 11.1 Å². The molecule has 0 N–H and O–H groups in total. The minimum absolute atomic E-state index is 0. The summed E-state index contributed by atoms with van der Waals surface area (Å²) in [5.74, 6) is 0. The average Bonchev–Trinajstić information content (AvgIpc) is 2.74. The van der Waals surface area contributed by atoms with E-state index < -0.39 is 0 Å². The summed E-state index contributed by atoms with van der Waals surface area (Å²) in [4.78, 5) is 0. The number of hydrogen-bond acceptors (Lipinski definition) is 0. The van der Waals surface area contributed by atoms with Crippen molar-refractivity contribution in [2.75, 3.05) is 0 Å². The van der Waals surface area contributed by atoms with Crippen LogP contribution in [0.4, 0.5) is 0 Å². The van der Waals surface area contributed by atoms with E-state index in [9.17, 15) is 0 Å². The molecule has 2 aromatic rings. The lowest BCUT2D eigenvalue weighted by Gasteiger charge is -2.03. The third-order valence-corrected chi connectivity index (χ3v) is 5.62. The van der Waals surface area contributed by atoms with Crippen LogP contribution >= 0.6 is 0 Å². The number of aryl methyl sites for hydroxylation is 2. The molecular weight excluding hydrogens is 500 g/mol. The molecule has 2 heterocycles. The molecule has 0 radical (unpaired) electrons. The van der Waals surface area contributed by atoms with E-state index in [1.54, 1.807) is 0 Å². The molecule has 0 aliphatic carbocycles. The Kier molecular flexibility index (Phi) is 18.5. The highest BCUT2D eigenvalue weighted by Crippen LogP contribution is 2.15. The fourth-order valence-corrected chi connectivity index (χ4v) is 3.78. The second-order valence-corrected chi connectivity index (χ2v) is 8.19. The first-order valence-corrected chi connectivity index (χ1v) is 11.8. The van der Waals surface area contributed by atoms with Gasteiger partial charge < -0.3 is 34.0 Å². The SMILES string of the molecule is CCCCCCCC[n+]1ccc(-c2ccc[n+](CCCCCCCC)c2)cc1.[Br-].[Br-]. The van der Waals surface area contributed by atoms with Gasteiger partial charge in [0.1, 0.15) is 13.1 Å². The zero-order valence-corrected chi connectivity index (χ0v) is 22.3. The highest BCUT2D eigenvalue weighted by atomic mass is 79.9. The van der Waals surface area contributed by atoms with Gasteiger partial charge in [0.25, 0.3) is 0 Å². The lowest BCUT2D eigenvalue weighted by Crippen LogP contribution is -3.00. The Morgan fingerprint density at radius 2 is 1.03 bits per heavy atom. The fraction of sp³-hybridized carbons (Fsp3) is 0.615. The largest absolute Gasteiger partial charge is 1.00 e. The van der Waals surface area contributed by atoms with E-state index in [0.29, 0.717) is 0 Å². The van der Waals surface area contributed by atoms with Crippen LogP contribution in [-0.4, -0.2) is 0 Å². The van der Waals surface area contributed by atoms with Crippen molar-refractivity contribution in [3.05, 3.63) is 49.1 Å². The molecule has 4 heteroatoms. The predicted octanol–water partition coefficient (Wildman–Crippen LogP) is 0.658. The summed E-state index contributed by atoms with van der Waals surface area (Å²) in [5, 5.41) is 0. The van der Waals surface area contributed by atoms with Gasteiger partial charge in [0, 0.05) is 36.6 Å². The van der Waals surface area contributed by atoms with E-state index in [0.717, 1.165) is 13.1 Å². The molecule has 0 saturated carbocycles. The molecule has 170 valence electrons. The Hall–Kier alpha value is -0.740. The number of hydrogen-bond donors (Lipinski definition) is 0. The molecule has 2 rings (SSSR count). The van der Waals surface area contributed by atoms with Crippen molar-refractivity contribution in [1.82, 2.24) is 0 Å². The standard InChI is InChI=1S/C26H42N2.2BrH/c1-3-5-7-9-11-13-19-27-22-17-25(18-23-27)26-16-15-21-28(24-26)20-14-12-10-8-6-4-2;;/h15-18,21-24H,3-14,19-20H2,1-2H3;2*1H/q+2;;/p-2. The van der Waals surface area contributed by atoms with E-state index in [4.69, 9.17) is 0 Å². The minimum atomic E-state index is 0. The normalized spacial score (nSPS) is 10.3. The molecule has 0 bridgehead atoms. The van der Waals surface area contributed by atoms with Crippen molar-refractivity contribution in [3.63, 3.8) is 0 Å². The zero-order valence-electron chi connectivity index (χ0n) is 19.2. The van der Waals surface area contributed by atoms with Crippen molar-refractivity contribution >= 4 is 0 Å². The van der Waals surface area contributed by atoms with Gasteiger partial charge >= 0.3 is 0 Å². The molecule has 0 spiro atoms. The summed E-state index contributed by atoms with van der Waals surface area (Å²) in [5.41, 5.74) is 2.64. The monoisotopic (exact) mass is 540 g/mol. The predicted molar refractivity (Wildman–Crippen MR) is 119 cm³/mol. The second kappa shape index (κ2) is 19.0. The molecule has 0 amide bonds. The molecule has 0 atom stereocenters. The number of halogens is 2. The maximum absolute atomic E-state index is 2.35. The van der Waals surface area contributed by atoms with E-state index >= 15 is 0 Å². The molecule has 2 aromatic heterocycles. The summed E-state index contributed by atoms with van der Waals surface area (Å²) in [6.07, 6.45) is 25.2. The molecule has 0 aliphatic rings. The molecule has 0 fully saturated rings. The van der Waals surface area contributed by atoms with Gasteiger partial charge in [0.15, 0.2) is 24.8 Å². The third-order valence-electron chi connectivity index (χ3n) is 5.62. The summed E-state index contributed by atoms with van der Waals surface area (Å²) in [6, 6.07) is 8.94. The van der Waals surface area contributed by atoms with Crippen LogP contribution in [0.5, 0.6) is 0 Å². The Morgan fingerprint density at radius 1 is 0.533 bits per heavy atom. The van der Waals surface area contributed by atoms with E-state index in [-0.39, 0.29) is 34.0 Å². The molecule has 0 aliphatic heterocycles. The third kappa shape index (κ3) is 12.2. The molecular formula is C26H42Br2N2. The van der Waals surface area contributed by atoms with Crippen LogP contribution in [-0.2, 0) is 13.1 Å². The van der Waals surface area contributed by atoms with Crippen LogP contribution < -0.4 is 43.1 Å². The van der Waals surface area contributed by atoms with Crippen molar-refractivity contribution in [2.45, 2.75) is 104 Å². The highest BCUT2D eigenvalue weighted by molar-refractivity contribution is 5.60. The number of nitrogens with zero attached hydrogens (tertiary/aromatic N) is 2. The molecule has 2 nitrogen and oxygen atoms in total. The van der Waals surface area contributed by atoms with E-state index in [1.165, 1.54) is 88.2 Å². The van der Waals surface area contributed by atoms with Crippen LogP contribution in [0.2, 0.25) is 0 Å². The van der Waals surface area contributed by atoms with Gasteiger partial charge in [-0.25, -0.2) is 9.13 Å². The smallest absolute Gasteiger partial charge is 0.176 e. The Morgan fingerprint density at radius 3 is 1.60 bits per heavy atom. The first-order valence-electron chi connectivity index (χ1n) is 11.8. The number of unbranched alkanes of at least 4 members (excludes halogenated alkanes) is 10. The number of aromatic nitrogens is 2. The number of pyridine rings is 2. The van der Waals surface area contributed by atoms with Gasteiger partial charge in [0.2, 0.25) is 0 Å². The van der Waals surface area contributed by atoms with Crippen molar-refractivity contribution in [2.24, 2.45) is 0 Å². The van der Waals surface area contributed by atoms with Gasteiger partial charge in [-0.1, -0.05) is 65.2 Å². The van der Waals surface area contributed by atoms with Gasteiger partial charge in [-0.05, 0) is 24.5 Å². The van der Waals surface area contributed by atoms with Gasteiger partial charge in [-0.3, -0.25) is 0 Å². The maximum Gasteiger partial charge on any atom is 0.176 e. The van der Waals surface area contributed by atoms with Crippen LogP contribution in [0.3, 0.4) is 0 Å². The Labute approximate surface area is 206 Å². The highest BCUT2D eigenvalue weighted by Gasteiger charge is 2.07. The van der Waals surface area contributed by atoms with Gasteiger partial charge in [-0.15, -0.1) is 0 Å². The summed E-state index contributed by atoms with van der Waals surface area (Å²) >= 11 is 0. The first kappa shape index (κ1) is 29.3. The van der Waals surface area contributed by atoms with Crippen molar-refractivity contribution in [1.29, 1.82) is 0 Å². The zero-order chi connectivity index (χ0) is 19.9. The molecule has 0 aromatic carbocycles. The average molecular weight is 542 g/mol. The summed E-state index contributed by atoms with van der Waals surface area (Å²) in [7, 11) is 0. The maximum atomic E-state index is 2.35. The van der Waals surface area contributed by atoms with Gasteiger partial charge in [-0.2, -0.15) is 0 Å². The van der Waals surface area contributed by atoms with E-state index in [2.05, 4.69) is 72.0 Å². The van der Waals surface area contributed by atoms with Crippen LogP contribution in [0.15, 0.2) is 49.1 Å². The molecule has 0 unspecified atom stereocenters. The van der Waals surface area contributed by atoms with E-state index in [1.807, 2.05) is 0 Å².